The molecule has 0 unspecified atom stereocenters. The van der Waals surface area contributed by atoms with Gasteiger partial charge in [0.25, 0.3) is 0 Å². The number of hydrogen-bond donors (Lipinski definition) is 0. The van der Waals surface area contributed by atoms with Crippen LogP contribution in [-0.4, -0.2) is 32.3 Å². The van der Waals surface area contributed by atoms with Crippen LogP contribution in [0.2, 0.25) is 0 Å². The monoisotopic (exact) mass is 221 g/mol. The standard InChI is InChI=1S/C8H8.C6H15NO/c1-2-8-6-4-3-5-7-8;1-4-5-8-6-7(2)3/h2-7H,1H2;4-6H2,1-3H3. The Morgan fingerprint density at radius 1 is 1.25 bits per heavy atom. The second-order valence-corrected chi connectivity index (χ2v) is 3.73. The first-order valence-corrected chi connectivity index (χ1v) is 5.60. The van der Waals surface area contributed by atoms with Gasteiger partial charge in [-0.15, -0.1) is 0 Å². The molecule has 1 aromatic carbocycles. The van der Waals surface area contributed by atoms with E-state index in [2.05, 4.69) is 13.5 Å². The Balaban J connectivity index is 0.000000281. The van der Waals surface area contributed by atoms with Gasteiger partial charge in [-0.1, -0.05) is 49.9 Å². The maximum atomic E-state index is 5.17. The van der Waals surface area contributed by atoms with Gasteiger partial charge in [0.15, 0.2) is 0 Å². The van der Waals surface area contributed by atoms with Crippen LogP contribution in [0.5, 0.6) is 0 Å². The van der Waals surface area contributed by atoms with Gasteiger partial charge >= 0.3 is 0 Å². The zero-order valence-electron chi connectivity index (χ0n) is 10.6. The van der Waals surface area contributed by atoms with Crippen LogP contribution in [0, 0.1) is 0 Å². The van der Waals surface area contributed by atoms with E-state index >= 15 is 0 Å². The van der Waals surface area contributed by atoms with Crippen LogP contribution in [0.3, 0.4) is 0 Å². The summed E-state index contributed by atoms with van der Waals surface area (Å²) in [6.07, 6.45) is 2.94. The van der Waals surface area contributed by atoms with Crippen molar-refractivity contribution in [1.82, 2.24) is 4.90 Å². The first-order valence-electron chi connectivity index (χ1n) is 5.60. The normalized spacial score (nSPS) is 9.50. The molecule has 0 spiro atoms. The molecule has 2 nitrogen and oxygen atoms in total. The van der Waals surface area contributed by atoms with Crippen LogP contribution in [0.15, 0.2) is 36.9 Å². The molecule has 2 heteroatoms. The minimum Gasteiger partial charge on any atom is -0.366 e. The lowest BCUT2D eigenvalue weighted by atomic mass is 10.2. The molecule has 90 valence electrons. The van der Waals surface area contributed by atoms with Gasteiger partial charge in [-0.3, -0.25) is 4.90 Å². The Hall–Kier alpha value is -1.12. The minimum absolute atomic E-state index is 0.744. The van der Waals surface area contributed by atoms with E-state index < -0.39 is 0 Å². The maximum absolute atomic E-state index is 5.17. The van der Waals surface area contributed by atoms with Crippen molar-refractivity contribution in [3.8, 4) is 0 Å². The summed E-state index contributed by atoms with van der Waals surface area (Å²) in [5.41, 5.74) is 1.17. The number of nitrogens with zero attached hydrogens (tertiary/aromatic N) is 1. The summed E-state index contributed by atoms with van der Waals surface area (Å²) in [5, 5.41) is 0. The van der Waals surface area contributed by atoms with E-state index in [1.807, 2.05) is 55.4 Å². The molecule has 0 aliphatic heterocycles. The molecule has 0 heterocycles. The Morgan fingerprint density at radius 2 is 1.88 bits per heavy atom. The molecule has 0 N–H and O–H groups in total. The van der Waals surface area contributed by atoms with E-state index in [0.717, 1.165) is 19.8 Å². The van der Waals surface area contributed by atoms with E-state index in [-0.39, 0.29) is 0 Å². The zero-order valence-corrected chi connectivity index (χ0v) is 10.6. The third-order valence-corrected chi connectivity index (χ3v) is 1.73. The molecule has 0 saturated heterocycles. The Morgan fingerprint density at radius 3 is 2.25 bits per heavy atom. The van der Waals surface area contributed by atoms with Gasteiger partial charge in [-0.2, -0.15) is 0 Å². The van der Waals surface area contributed by atoms with Crippen molar-refractivity contribution in [2.45, 2.75) is 13.3 Å². The minimum atomic E-state index is 0.744. The molecule has 0 aromatic heterocycles. The smallest absolute Gasteiger partial charge is 0.0985 e. The summed E-state index contributed by atoms with van der Waals surface area (Å²) in [6, 6.07) is 10.0. The van der Waals surface area contributed by atoms with Crippen LogP contribution in [0.25, 0.3) is 6.08 Å². The fourth-order valence-corrected chi connectivity index (χ4v) is 0.981. The Labute approximate surface area is 99.5 Å². The predicted molar refractivity (Wildman–Crippen MR) is 71.3 cm³/mol. The number of hydrogen-bond acceptors (Lipinski definition) is 2. The average Bonchev–Trinajstić information content (AvgIpc) is 2.31. The molecule has 0 atom stereocenters. The molecular formula is C14H23NO. The number of rotatable bonds is 5. The zero-order chi connectivity index (χ0) is 12.2. The van der Waals surface area contributed by atoms with Gasteiger partial charge in [-0.05, 0) is 26.1 Å². The van der Waals surface area contributed by atoms with Crippen LogP contribution >= 0.6 is 0 Å². The lowest BCUT2D eigenvalue weighted by Crippen LogP contribution is -2.16. The van der Waals surface area contributed by atoms with E-state index in [4.69, 9.17) is 4.74 Å². The second kappa shape index (κ2) is 10.4. The van der Waals surface area contributed by atoms with Crippen LogP contribution in [0.1, 0.15) is 18.9 Å². The Bertz CT molecular complexity index is 257. The fourth-order valence-electron chi connectivity index (χ4n) is 0.981. The summed E-state index contributed by atoms with van der Waals surface area (Å²) in [4.78, 5) is 2.01. The predicted octanol–water partition coefficient (Wildman–Crippen LogP) is 3.26. The summed E-state index contributed by atoms with van der Waals surface area (Å²) in [6.45, 7) is 7.35. The van der Waals surface area contributed by atoms with Gasteiger partial charge in [0.1, 0.15) is 0 Å². The molecule has 0 bridgehead atoms. The first kappa shape index (κ1) is 14.9. The quantitative estimate of drug-likeness (QED) is 0.559. The van der Waals surface area contributed by atoms with Gasteiger partial charge in [0.2, 0.25) is 0 Å². The van der Waals surface area contributed by atoms with E-state index in [1.54, 1.807) is 0 Å². The van der Waals surface area contributed by atoms with Gasteiger partial charge in [0, 0.05) is 6.61 Å². The maximum Gasteiger partial charge on any atom is 0.0985 e. The summed E-state index contributed by atoms with van der Waals surface area (Å²) in [5.74, 6) is 0. The van der Waals surface area contributed by atoms with E-state index in [1.165, 1.54) is 5.56 Å². The molecule has 16 heavy (non-hydrogen) atoms. The van der Waals surface area contributed by atoms with Crippen molar-refractivity contribution >= 4 is 6.08 Å². The van der Waals surface area contributed by atoms with Crippen molar-refractivity contribution in [1.29, 1.82) is 0 Å². The van der Waals surface area contributed by atoms with Crippen molar-refractivity contribution in [3.63, 3.8) is 0 Å². The van der Waals surface area contributed by atoms with E-state index in [9.17, 15) is 0 Å². The number of benzene rings is 1. The average molecular weight is 221 g/mol. The molecule has 0 aliphatic carbocycles. The molecule has 0 radical (unpaired) electrons. The summed E-state index contributed by atoms with van der Waals surface area (Å²) in [7, 11) is 3.99. The molecular weight excluding hydrogens is 198 g/mol. The third-order valence-electron chi connectivity index (χ3n) is 1.73. The highest BCUT2D eigenvalue weighted by atomic mass is 16.5. The fraction of sp³-hybridized carbons (Fsp3) is 0.429. The highest BCUT2D eigenvalue weighted by Gasteiger charge is 1.85. The first-order chi connectivity index (χ1) is 7.70. The van der Waals surface area contributed by atoms with E-state index in [0.29, 0.717) is 0 Å². The third kappa shape index (κ3) is 9.44. The van der Waals surface area contributed by atoms with Crippen molar-refractivity contribution < 1.29 is 4.74 Å². The molecule has 0 aliphatic rings. The second-order valence-electron chi connectivity index (χ2n) is 3.73. The van der Waals surface area contributed by atoms with Gasteiger partial charge < -0.3 is 4.74 Å². The Kier molecular flexibility index (Phi) is 9.67. The van der Waals surface area contributed by atoms with Crippen molar-refractivity contribution in [2.75, 3.05) is 27.4 Å². The van der Waals surface area contributed by atoms with Gasteiger partial charge in [0.05, 0.1) is 6.73 Å². The molecule has 0 fully saturated rings. The van der Waals surface area contributed by atoms with Gasteiger partial charge in [-0.25, -0.2) is 0 Å². The largest absolute Gasteiger partial charge is 0.366 e. The topological polar surface area (TPSA) is 12.5 Å². The lowest BCUT2D eigenvalue weighted by Gasteiger charge is -2.08. The van der Waals surface area contributed by atoms with Crippen molar-refractivity contribution in [2.24, 2.45) is 0 Å². The summed E-state index contributed by atoms with van der Waals surface area (Å²) < 4.78 is 5.17. The van der Waals surface area contributed by atoms with Crippen LogP contribution in [0.4, 0.5) is 0 Å². The van der Waals surface area contributed by atoms with Crippen molar-refractivity contribution in [3.05, 3.63) is 42.5 Å². The lowest BCUT2D eigenvalue weighted by molar-refractivity contribution is 0.0567. The van der Waals surface area contributed by atoms with Crippen LogP contribution in [-0.2, 0) is 4.74 Å². The summed E-state index contributed by atoms with van der Waals surface area (Å²) >= 11 is 0. The molecule has 0 amide bonds. The number of ether oxygens (including phenoxy) is 1. The molecule has 1 aromatic rings. The van der Waals surface area contributed by atoms with Crippen LogP contribution < -0.4 is 0 Å². The SMILES string of the molecule is C=Cc1ccccc1.CCCOCN(C)C. The molecule has 0 saturated carbocycles. The highest BCUT2D eigenvalue weighted by molar-refractivity contribution is 5.45. The molecule has 1 rings (SSSR count). The highest BCUT2D eigenvalue weighted by Crippen LogP contribution is 1.97.